The fraction of sp³-hybridized carbons (Fsp3) is 0.611. The van der Waals surface area contributed by atoms with Crippen molar-refractivity contribution in [1.29, 1.82) is 0 Å². The summed E-state index contributed by atoms with van der Waals surface area (Å²) in [5.41, 5.74) is 2.51. The van der Waals surface area contributed by atoms with Gasteiger partial charge < -0.3 is 9.88 Å². The lowest BCUT2D eigenvalue weighted by atomic mass is 9.81. The Bertz CT molecular complexity index is 594. The Labute approximate surface area is 127 Å². The van der Waals surface area contributed by atoms with Crippen molar-refractivity contribution in [1.82, 2.24) is 14.9 Å². The van der Waals surface area contributed by atoms with Crippen LogP contribution in [-0.4, -0.2) is 16.6 Å². The van der Waals surface area contributed by atoms with Crippen molar-refractivity contribution in [2.24, 2.45) is 0 Å². The number of rotatable bonds is 5. The smallest absolute Gasteiger partial charge is 0.130 e. The summed E-state index contributed by atoms with van der Waals surface area (Å²) in [5.74, 6) is 1.26. The summed E-state index contributed by atoms with van der Waals surface area (Å²) in [6.45, 7) is 3.34. The molecule has 1 fully saturated rings. The summed E-state index contributed by atoms with van der Waals surface area (Å²) in [6.07, 6.45) is 8.82. The molecule has 0 amide bonds. The molecule has 0 radical (unpaired) electrons. The molecule has 1 saturated carbocycles. The maximum atomic E-state index is 5.03. The van der Waals surface area contributed by atoms with E-state index in [1.165, 1.54) is 56.3 Å². The number of unbranched alkanes of at least 4 members (excludes halogenated alkanes) is 1. The zero-order chi connectivity index (χ0) is 14.7. The second-order valence-corrected chi connectivity index (χ2v) is 6.32. The van der Waals surface area contributed by atoms with Crippen LogP contribution in [-0.2, 0) is 12.1 Å². The second-order valence-electron chi connectivity index (χ2n) is 6.32. The molecule has 0 atom stereocenters. The van der Waals surface area contributed by atoms with E-state index in [-0.39, 0.29) is 5.54 Å². The average molecular weight is 285 g/mol. The molecule has 3 heteroatoms. The Kier molecular flexibility index (Phi) is 4.29. The fourth-order valence-corrected chi connectivity index (χ4v) is 3.72. The third-order valence-electron chi connectivity index (χ3n) is 5.00. The lowest BCUT2D eigenvalue weighted by Gasteiger charge is -2.37. The minimum absolute atomic E-state index is 0.0744. The van der Waals surface area contributed by atoms with Gasteiger partial charge in [0, 0.05) is 6.54 Å². The topological polar surface area (TPSA) is 29.9 Å². The van der Waals surface area contributed by atoms with E-state index in [1.54, 1.807) is 0 Å². The van der Waals surface area contributed by atoms with Crippen LogP contribution in [0.2, 0.25) is 0 Å². The van der Waals surface area contributed by atoms with E-state index in [9.17, 15) is 0 Å². The number of aromatic nitrogens is 2. The summed E-state index contributed by atoms with van der Waals surface area (Å²) in [5, 5.41) is 3.63. The summed E-state index contributed by atoms with van der Waals surface area (Å²) in [6, 6.07) is 8.58. The Morgan fingerprint density at radius 2 is 1.95 bits per heavy atom. The van der Waals surface area contributed by atoms with Gasteiger partial charge in [-0.1, -0.05) is 44.7 Å². The van der Waals surface area contributed by atoms with Gasteiger partial charge in [0.1, 0.15) is 5.82 Å². The van der Waals surface area contributed by atoms with Crippen LogP contribution in [0.3, 0.4) is 0 Å². The van der Waals surface area contributed by atoms with Gasteiger partial charge in [-0.15, -0.1) is 0 Å². The van der Waals surface area contributed by atoms with Crippen LogP contribution in [0.5, 0.6) is 0 Å². The molecule has 2 aromatic rings. The molecule has 3 rings (SSSR count). The lowest BCUT2D eigenvalue weighted by Crippen LogP contribution is -2.44. The first-order valence-electron chi connectivity index (χ1n) is 8.45. The standard InChI is InChI=1S/C18H27N3/c1-3-4-14-21-16-11-7-6-10-15(16)20-17(21)18(19-2)12-8-5-9-13-18/h6-7,10-11,19H,3-5,8-9,12-14H2,1-2H3. The number of hydrogen-bond donors (Lipinski definition) is 1. The zero-order valence-electron chi connectivity index (χ0n) is 13.4. The summed E-state index contributed by atoms with van der Waals surface area (Å²) in [4.78, 5) is 5.03. The van der Waals surface area contributed by atoms with E-state index >= 15 is 0 Å². The van der Waals surface area contributed by atoms with Crippen molar-refractivity contribution in [3.8, 4) is 0 Å². The quantitative estimate of drug-likeness (QED) is 0.891. The van der Waals surface area contributed by atoms with Crippen LogP contribution < -0.4 is 5.32 Å². The highest BCUT2D eigenvalue weighted by Gasteiger charge is 2.36. The number of benzene rings is 1. The fourth-order valence-electron chi connectivity index (χ4n) is 3.72. The molecule has 1 aliphatic rings. The number of nitrogens with one attached hydrogen (secondary N) is 1. The number of aryl methyl sites for hydroxylation is 1. The Hall–Kier alpha value is -1.35. The Balaban J connectivity index is 2.10. The molecule has 1 aromatic carbocycles. The maximum Gasteiger partial charge on any atom is 0.130 e. The molecule has 1 N–H and O–H groups in total. The maximum absolute atomic E-state index is 5.03. The van der Waals surface area contributed by atoms with Crippen molar-refractivity contribution in [3.05, 3.63) is 30.1 Å². The molecule has 3 nitrogen and oxygen atoms in total. The number of hydrogen-bond acceptors (Lipinski definition) is 2. The molecule has 0 spiro atoms. The predicted octanol–water partition coefficient (Wildman–Crippen LogP) is 4.22. The predicted molar refractivity (Wildman–Crippen MR) is 88.5 cm³/mol. The summed E-state index contributed by atoms with van der Waals surface area (Å²) >= 11 is 0. The molecule has 114 valence electrons. The van der Waals surface area contributed by atoms with Gasteiger partial charge in [-0.25, -0.2) is 4.98 Å². The van der Waals surface area contributed by atoms with Gasteiger partial charge in [0.15, 0.2) is 0 Å². The van der Waals surface area contributed by atoms with E-state index in [2.05, 4.69) is 48.1 Å². The highest BCUT2D eigenvalue weighted by atomic mass is 15.1. The summed E-state index contributed by atoms with van der Waals surface area (Å²) in [7, 11) is 2.11. The van der Waals surface area contributed by atoms with Gasteiger partial charge in [-0.05, 0) is 38.4 Å². The third-order valence-corrected chi connectivity index (χ3v) is 5.00. The minimum atomic E-state index is 0.0744. The average Bonchev–Trinajstić information content (AvgIpc) is 2.93. The van der Waals surface area contributed by atoms with Gasteiger partial charge in [0.05, 0.1) is 16.6 Å². The first-order valence-corrected chi connectivity index (χ1v) is 8.45. The number of fused-ring (bicyclic) bond motifs is 1. The van der Waals surface area contributed by atoms with Crippen LogP contribution in [0.1, 0.15) is 57.7 Å². The normalized spacial score (nSPS) is 18.2. The van der Waals surface area contributed by atoms with Crippen molar-refractivity contribution in [2.45, 2.75) is 64.0 Å². The zero-order valence-corrected chi connectivity index (χ0v) is 13.4. The Morgan fingerprint density at radius 3 is 2.67 bits per heavy atom. The van der Waals surface area contributed by atoms with Gasteiger partial charge in [-0.3, -0.25) is 0 Å². The van der Waals surface area contributed by atoms with Gasteiger partial charge in [0.25, 0.3) is 0 Å². The van der Waals surface area contributed by atoms with Crippen LogP contribution in [0, 0.1) is 0 Å². The van der Waals surface area contributed by atoms with Crippen molar-refractivity contribution < 1.29 is 0 Å². The van der Waals surface area contributed by atoms with Gasteiger partial charge >= 0.3 is 0 Å². The molecular formula is C18H27N3. The first kappa shape index (κ1) is 14.6. The minimum Gasteiger partial charge on any atom is -0.326 e. The summed E-state index contributed by atoms with van der Waals surface area (Å²) < 4.78 is 2.47. The SMILES string of the molecule is CCCCn1c(C2(NC)CCCCC2)nc2ccccc21. The van der Waals surface area contributed by atoms with E-state index in [0.29, 0.717) is 0 Å². The van der Waals surface area contributed by atoms with E-state index in [0.717, 1.165) is 12.1 Å². The molecule has 1 heterocycles. The molecule has 0 aliphatic heterocycles. The number of para-hydroxylation sites is 2. The first-order chi connectivity index (χ1) is 10.3. The monoisotopic (exact) mass is 285 g/mol. The van der Waals surface area contributed by atoms with Gasteiger partial charge in [-0.2, -0.15) is 0 Å². The molecule has 0 unspecified atom stereocenters. The molecular weight excluding hydrogens is 258 g/mol. The van der Waals surface area contributed by atoms with Crippen molar-refractivity contribution in [3.63, 3.8) is 0 Å². The number of nitrogens with zero attached hydrogens (tertiary/aromatic N) is 2. The van der Waals surface area contributed by atoms with Crippen LogP contribution in [0.4, 0.5) is 0 Å². The highest BCUT2D eigenvalue weighted by molar-refractivity contribution is 5.76. The second kappa shape index (κ2) is 6.18. The molecule has 21 heavy (non-hydrogen) atoms. The lowest BCUT2D eigenvalue weighted by molar-refractivity contribution is 0.229. The van der Waals surface area contributed by atoms with E-state index in [1.807, 2.05) is 0 Å². The van der Waals surface area contributed by atoms with Crippen LogP contribution >= 0.6 is 0 Å². The molecule has 1 aromatic heterocycles. The molecule has 1 aliphatic carbocycles. The van der Waals surface area contributed by atoms with Crippen LogP contribution in [0.15, 0.2) is 24.3 Å². The van der Waals surface area contributed by atoms with Crippen molar-refractivity contribution >= 4 is 11.0 Å². The molecule has 0 bridgehead atoms. The largest absolute Gasteiger partial charge is 0.326 e. The van der Waals surface area contributed by atoms with E-state index in [4.69, 9.17) is 4.98 Å². The highest BCUT2D eigenvalue weighted by Crippen LogP contribution is 2.37. The molecule has 0 saturated heterocycles. The van der Waals surface area contributed by atoms with Crippen LogP contribution in [0.25, 0.3) is 11.0 Å². The number of imidazole rings is 1. The van der Waals surface area contributed by atoms with Crippen molar-refractivity contribution in [2.75, 3.05) is 7.05 Å². The van der Waals surface area contributed by atoms with E-state index < -0.39 is 0 Å². The van der Waals surface area contributed by atoms with Gasteiger partial charge in [0.2, 0.25) is 0 Å². The third kappa shape index (κ3) is 2.59. The Morgan fingerprint density at radius 1 is 1.19 bits per heavy atom.